The maximum Gasteiger partial charge on any atom is 0.228 e. The highest BCUT2D eigenvalue weighted by atomic mass is 16.2. The third-order valence-corrected chi connectivity index (χ3v) is 5.03. The Balaban J connectivity index is 1.66. The summed E-state index contributed by atoms with van der Waals surface area (Å²) in [5, 5.41) is 0. The summed E-state index contributed by atoms with van der Waals surface area (Å²) in [4.78, 5) is 41.9. The lowest BCUT2D eigenvalue weighted by atomic mass is 10.1. The molecule has 0 saturated carbocycles. The Morgan fingerprint density at radius 1 is 0.960 bits per heavy atom. The summed E-state index contributed by atoms with van der Waals surface area (Å²) in [6.45, 7) is 8.25. The number of aryl methyl sites for hydroxylation is 2. The van der Waals surface area contributed by atoms with Crippen molar-refractivity contribution < 1.29 is 14.4 Å². The van der Waals surface area contributed by atoms with Crippen molar-refractivity contribution in [2.45, 2.75) is 27.2 Å². The highest BCUT2D eigenvalue weighted by molar-refractivity contribution is 6.00. The fourth-order valence-electron chi connectivity index (χ4n) is 3.73. The third kappa shape index (κ3) is 3.67. The van der Waals surface area contributed by atoms with Gasteiger partial charge in [-0.25, -0.2) is 0 Å². The molecule has 0 radical (unpaired) electrons. The van der Waals surface area contributed by atoms with Crippen molar-refractivity contribution in [3.8, 4) is 0 Å². The Kier molecular flexibility index (Phi) is 4.79. The van der Waals surface area contributed by atoms with Crippen molar-refractivity contribution in [2.24, 2.45) is 5.92 Å². The minimum absolute atomic E-state index is 0.00530. The summed E-state index contributed by atoms with van der Waals surface area (Å²) < 4.78 is 0. The first-order valence-corrected chi connectivity index (χ1v) is 8.78. The van der Waals surface area contributed by atoms with Crippen LogP contribution in [0.3, 0.4) is 0 Å². The van der Waals surface area contributed by atoms with Gasteiger partial charge in [0.15, 0.2) is 0 Å². The van der Waals surface area contributed by atoms with Gasteiger partial charge in [-0.15, -0.1) is 0 Å². The van der Waals surface area contributed by atoms with E-state index >= 15 is 0 Å². The largest absolute Gasteiger partial charge is 0.339 e. The molecule has 0 aliphatic carbocycles. The molecule has 1 aromatic carbocycles. The number of carbonyl (C=O) groups excluding carboxylic acids is 3. The van der Waals surface area contributed by atoms with Gasteiger partial charge in [-0.05, 0) is 37.1 Å². The van der Waals surface area contributed by atoms with E-state index in [9.17, 15) is 14.4 Å². The SMILES string of the molecule is CC(=O)N1CCN(C(=O)C2CC(=O)N(c3cc(C)cc(C)c3)C2)CC1. The zero-order valence-corrected chi connectivity index (χ0v) is 15.1. The number of hydrogen-bond donors (Lipinski definition) is 0. The van der Waals surface area contributed by atoms with E-state index in [1.807, 2.05) is 26.0 Å². The molecule has 1 atom stereocenters. The smallest absolute Gasteiger partial charge is 0.228 e. The molecule has 1 aromatic rings. The first-order chi connectivity index (χ1) is 11.8. The molecule has 0 aromatic heterocycles. The van der Waals surface area contributed by atoms with Crippen molar-refractivity contribution in [1.82, 2.24) is 9.80 Å². The molecule has 3 amide bonds. The summed E-state index contributed by atoms with van der Waals surface area (Å²) in [7, 11) is 0. The van der Waals surface area contributed by atoms with Crippen LogP contribution in [0.4, 0.5) is 5.69 Å². The Hall–Kier alpha value is -2.37. The highest BCUT2D eigenvalue weighted by Crippen LogP contribution is 2.28. The molecular formula is C19H25N3O3. The van der Waals surface area contributed by atoms with Gasteiger partial charge >= 0.3 is 0 Å². The Bertz CT molecular complexity index is 688. The summed E-state index contributed by atoms with van der Waals surface area (Å²) in [6.07, 6.45) is 0.263. The molecule has 3 rings (SSSR count). The topological polar surface area (TPSA) is 60.9 Å². The van der Waals surface area contributed by atoms with Crippen LogP contribution in [-0.2, 0) is 14.4 Å². The number of rotatable bonds is 2. The number of amides is 3. The van der Waals surface area contributed by atoms with Gasteiger partial charge in [0.2, 0.25) is 17.7 Å². The normalized spacial score (nSPS) is 21.0. The summed E-state index contributed by atoms with van der Waals surface area (Å²) in [5.41, 5.74) is 3.09. The fraction of sp³-hybridized carbons (Fsp3) is 0.526. The average Bonchev–Trinajstić information content (AvgIpc) is 2.95. The minimum Gasteiger partial charge on any atom is -0.339 e. The number of piperazine rings is 1. The molecular weight excluding hydrogens is 318 g/mol. The number of carbonyl (C=O) groups is 3. The molecule has 25 heavy (non-hydrogen) atoms. The molecule has 0 spiro atoms. The highest BCUT2D eigenvalue weighted by Gasteiger charge is 2.38. The zero-order chi connectivity index (χ0) is 18.1. The first kappa shape index (κ1) is 17.5. The van der Waals surface area contributed by atoms with Crippen LogP contribution < -0.4 is 4.90 Å². The molecule has 2 heterocycles. The molecule has 2 aliphatic heterocycles. The first-order valence-electron chi connectivity index (χ1n) is 8.78. The molecule has 2 aliphatic rings. The van der Waals surface area contributed by atoms with E-state index in [0.29, 0.717) is 32.7 Å². The van der Waals surface area contributed by atoms with Crippen LogP contribution in [-0.4, -0.2) is 60.2 Å². The van der Waals surface area contributed by atoms with Crippen molar-refractivity contribution >= 4 is 23.4 Å². The van der Waals surface area contributed by atoms with E-state index in [2.05, 4.69) is 6.07 Å². The van der Waals surface area contributed by atoms with Gasteiger partial charge < -0.3 is 14.7 Å². The predicted octanol–water partition coefficient (Wildman–Crippen LogP) is 1.35. The van der Waals surface area contributed by atoms with Gasteiger partial charge in [-0.3, -0.25) is 14.4 Å². The molecule has 2 fully saturated rings. The van der Waals surface area contributed by atoms with Crippen molar-refractivity contribution in [2.75, 3.05) is 37.6 Å². The average molecular weight is 343 g/mol. The van der Waals surface area contributed by atoms with Gasteiger partial charge in [-0.1, -0.05) is 6.07 Å². The van der Waals surface area contributed by atoms with Crippen molar-refractivity contribution in [3.05, 3.63) is 29.3 Å². The van der Waals surface area contributed by atoms with Crippen molar-refractivity contribution in [3.63, 3.8) is 0 Å². The fourth-order valence-corrected chi connectivity index (χ4v) is 3.73. The van der Waals surface area contributed by atoms with Gasteiger partial charge in [0.25, 0.3) is 0 Å². The Morgan fingerprint density at radius 2 is 1.52 bits per heavy atom. The second-order valence-electron chi connectivity index (χ2n) is 7.08. The molecule has 1 unspecified atom stereocenters. The lowest BCUT2D eigenvalue weighted by Crippen LogP contribution is -2.51. The molecule has 134 valence electrons. The lowest BCUT2D eigenvalue weighted by molar-refractivity contribution is -0.141. The van der Waals surface area contributed by atoms with Crippen LogP contribution in [0.1, 0.15) is 24.5 Å². The van der Waals surface area contributed by atoms with E-state index in [-0.39, 0.29) is 30.1 Å². The van der Waals surface area contributed by atoms with Gasteiger partial charge in [-0.2, -0.15) is 0 Å². The van der Waals surface area contributed by atoms with E-state index < -0.39 is 0 Å². The Morgan fingerprint density at radius 3 is 2.08 bits per heavy atom. The quantitative estimate of drug-likeness (QED) is 0.814. The van der Waals surface area contributed by atoms with Gasteiger partial charge in [0.05, 0.1) is 5.92 Å². The summed E-state index contributed by atoms with van der Waals surface area (Å²) >= 11 is 0. The molecule has 0 N–H and O–H groups in total. The van der Waals surface area contributed by atoms with Crippen LogP contribution in [0.2, 0.25) is 0 Å². The molecule has 2 saturated heterocycles. The molecule has 0 bridgehead atoms. The van der Waals surface area contributed by atoms with E-state index in [1.165, 1.54) is 0 Å². The van der Waals surface area contributed by atoms with Crippen LogP contribution >= 0.6 is 0 Å². The van der Waals surface area contributed by atoms with Crippen LogP contribution in [0.25, 0.3) is 0 Å². The Labute approximate surface area is 148 Å². The van der Waals surface area contributed by atoms with E-state index in [0.717, 1.165) is 16.8 Å². The van der Waals surface area contributed by atoms with Crippen LogP contribution in [0, 0.1) is 19.8 Å². The summed E-state index contributed by atoms with van der Waals surface area (Å²) in [5.74, 6) is -0.213. The number of benzene rings is 1. The standard InChI is InChI=1S/C19H25N3O3/c1-13-8-14(2)10-17(9-13)22-12-16(11-18(22)24)19(25)21-6-4-20(5-7-21)15(3)23/h8-10,16H,4-7,11-12H2,1-3H3. The predicted molar refractivity (Wildman–Crippen MR) is 95.2 cm³/mol. The maximum atomic E-state index is 12.8. The second kappa shape index (κ2) is 6.86. The van der Waals surface area contributed by atoms with E-state index in [1.54, 1.807) is 21.6 Å². The third-order valence-electron chi connectivity index (χ3n) is 5.03. The number of hydrogen-bond acceptors (Lipinski definition) is 3. The van der Waals surface area contributed by atoms with Gasteiger partial charge in [0.1, 0.15) is 0 Å². The van der Waals surface area contributed by atoms with Gasteiger partial charge in [0, 0.05) is 51.8 Å². The minimum atomic E-state index is -0.294. The monoisotopic (exact) mass is 343 g/mol. The number of nitrogens with zero attached hydrogens (tertiary/aromatic N) is 3. The maximum absolute atomic E-state index is 12.8. The number of anilines is 1. The second-order valence-corrected chi connectivity index (χ2v) is 7.08. The lowest BCUT2D eigenvalue weighted by Gasteiger charge is -2.35. The van der Waals surface area contributed by atoms with Crippen LogP contribution in [0.5, 0.6) is 0 Å². The summed E-state index contributed by atoms with van der Waals surface area (Å²) in [6, 6.07) is 6.05. The van der Waals surface area contributed by atoms with Crippen LogP contribution in [0.15, 0.2) is 18.2 Å². The molecule has 6 nitrogen and oxygen atoms in total. The molecule has 6 heteroatoms. The zero-order valence-electron chi connectivity index (χ0n) is 15.1. The van der Waals surface area contributed by atoms with Crippen molar-refractivity contribution in [1.29, 1.82) is 0 Å². The van der Waals surface area contributed by atoms with E-state index in [4.69, 9.17) is 0 Å².